The van der Waals surface area contributed by atoms with E-state index >= 15 is 0 Å². The number of phenols is 1. The molecule has 12 nitrogen and oxygen atoms in total. The van der Waals surface area contributed by atoms with E-state index in [1.54, 1.807) is 13.8 Å². The lowest BCUT2D eigenvalue weighted by atomic mass is 10.0. The Morgan fingerprint density at radius 3 is 1.91 bits per heavy atom. The molecule has 194 valence electrons. The fourth-order valence-electron chi connectivity index (χ4n) is 2.93. The SMILES string of the molecule is CC(C)C(N)C(=O)NC(CCC(N)=O)C(=O)NC(CS)C(=O)NC(Cc1ccc(O)cc1)C(=O)O. The van der Waals surface area contributed by atoms with Crippen molar-refractivity contribution >= 4 is 42.2 Å². The minimum atomic E-state index is -1.32. The highest BCUT2D eigenvalue weighted by Gasteiger charge is 2.30. The lowest BCUT2D eigenvalue weighted by Crippen LogP contribution is -2.58. The fraction of sp³-hybridized carbons (Fsp3) is 0.500. The molecule has 35 heavy (non-hydrogen) atoms. The number of hydrogen-bond donors (Lipinski definition) is 8. The average Bonchev–Trinajstić information content (AvgIpc) is 2.79. The Labute approximate surface area is 208 Å². The van der Waals surface area contributed by atoms with Gasteiger partial charge in [-0.15, -0.1) is 0 Å². The van der Waals surface area contributed by atoms with Crippen molar-refractivity contribution in [3.05, 3.63) is 29.8 Å². The zero-order chi connectivity index (χ0) is 26.7. The summed E-state index contributed by atoms with van der Waals surface area (Å²) in [5.74, 6) is -4.57. The molecule has 4 unspecified atom stereocenters. The van der Waals surface area contributed by atoms with Crippen LogP contribution >= 0.6 is 12.6 Å². The van der Waals surface area contributed by atoms with Gasteiger partial charge in [-0.2, -0.15) is 12.6 Å². The molecular formula is C22H33N5O7S. The maximum Gasteiger partial charge on any atom is 0.326 e. The van der Waals surface area contributed by atoms with Gasteiger partial charge in [0.1, 0.15) is 23.9 Å². The zero-order valence-electron chi connectivity index (χ0n) is 19.6. The van der Waals surface area contributed by atoms with Crippen molar-refractivity contribution in [2.45, 2.75) is 57.3 Å². The molecule has 9 N–H and O–H groups in total. The monoisotopic (exact) mass is 511 g/mol. The second kappa shape index (κ2) is 14.2. The van der Waals surface area contributed by atoms with Crippen LogP contribution in [0.25, 0.3) is 0 Å². The Bertz CT molecular complexity index is 910. The van der Waals surface area contributed by atoms with Gasteiger partial charge >= 0.3 is 5.97 Å². The topological polar surface area (TPSA) is 214 Å². The third-order valence-corrected chi connectivity index (χ3v) is 5.50. The van der Waals surface area contributed by atoms with E-state index in [0.29, 0.717) is 5.56 Å². The van der Waals surface area contributed by atoms with Gasteiger partial charge in [-0.25, -0.2) is 4.79 Å². The third-order valence-electron chi connectivity index (χ3n) is 5.14. The highest BCUT2D eigenvalue weighted by Crippen LogP contribution is 2.12. The number of thiol groups is 1. The van der Waals surface area contributed by atoms with E-state index in [4.69, 9.17) is 11.5 Å². The van der Waals surface area contributed by atoms with E-state index in [2.05, 4.69) is 28.6 Å². The van der Waals surface area contributed by atoms with Crippen LogP contribution in [-0.2, 0) is 30.4 Å². The summed E-state index contributed by atoms with van der Waals surface area (Å²) in [6.07, 6.45) is -0.406. The van der Waals surface area contributed by atoms with Crippen LogP contribution in [0.3, 0.4) is 0 Å². The van der Waals surface area contributed by atoms with Gasteiger partial charge in [0.15, 0.2) is 0 Å². The summed E-state index contributed by atoms with van der Waals surface area (Å²) in [5, 5.41) is 26.1. The summed E-state index contributed by atoms with van der Waals surface area (Å²) in [6, 6.07) is 1.14. The van der Waals surface area contributed by atoms with E-state index < -0.39 is 53.8 Å². The Kier molecular flexibility index (Phi) is 12.0. The van der Waals surface area contributed by atoms with Crippen LogP contribution in [-0.4, -0.2) is 69.7 Å². The predicted octanol–water partition coefficient (Wildman–Crippen LogP) is -1.35. The van der Waals surface area contributed by atoms with Crippen LogP contribution < -0.4 is 27.4 Å². The summed E-state index contributed by atoms with van der Waals surface area (Å²) in [6.45, 7) is 3.45. The number of phenolic OH excluding ortho intramolecular Hbond substituents is 1. The molecule has 0 aliphatic rings. The number of aliphatic carboxylic acids is 1. The minimum absolute atomic E-state index is 0.00911. The van der Waals surface area contributed by atoms with Crippen molar-refractivity contribution in [1.29, 1.82) is 0 Å². The lowest BCUT2D eigenvalue weighted by molar-refractivity contribution is -0.142. The number of carbonyl (C=O) groups excluding carboxylic acids is 4. The fourth-order valence-corrected chi connectivity index (χ4v) is 3.19. The number of nitrogens with one attached hydrogen (secondary N) is 3. The first kappa shape index (κ1) is 29.7. The molecule has 0 saturated carbocycles. The van der Waals surface area contributed by atoms with E-state index in [1.807, 2.05) is 0 Å². The number of carboxylic acids is 1. The largest absolute Gasteiger partial charge is 0.508 e. The number of nitrogens with two attached hydrogens (primary N) is 2. The number of hydrogen-bond acceptors (Lipinski definition) is 8. The van der Waals surface area contributed by atoms with Crippen molar-refractivity contribution in [1.82, 2.24) is 16.0 Å². The van der Waals surface area contributed by atoms with Crippen LogP contribution in [0.2, 0.25) is 0 Å². The maximum absolute atomic E-state index is 12.8. The van der Waals surface area contributed by atoms with Gasteiger partial charge in [-0.1, -0.05) is 26.0 Å². The van der Waals surface area contributed by atoms with E-state index in [0.717, 1.165) is 0 Å². The molecule has 0 bridgehead atoms. The van der Waals surface area contributed by atoms with E-state index in [1.165, 1.54) is 24.3 Å². The van der Waals surface area contributed by atoms with Gasteiger partial charge in [-0.05, 0) is 30.0 Å². The highest BCUT2D eigenvalue weighted by molar-refractivity contribution is 7.80. The molecule has 13 heteroatoms. The number of carbonyl (C=O) groups is 5. The third kappa shape index (κ3) is 10.2. The summed E-state index contributed by atoms with van der Waals surface area (Å²) in [7, 11) is 0. The predicted molar refractivity (Wildman–Crippen MR) is 130 cm³/mol. The quantitative estimate of drug-likeness (QED) is 0.139. The smallest absolute Gasteiger partial charge is 0.326 e. The molecule has 4 atom stereocenters. The molecule has 0 spiro atoms. The summed E-state index contributed by atoms with van der Waals surface area (Å²) < 4.78 is 0. The van der Waals surface area contributed by atoms with E-state index in [9.17, 15) is 34.2 Å². The van der Waals surface area contributed by atoms with Crippen LogP contribution in [0.15, 0.2) is 24.3 Å². The van der Waals surface area contributed by atoms with Gasteiger partial charge in [0.05, 0.1) is 6.04 Å². The Hall–Kier alpha value is -3.32. The zero-order valence-corrected chi connectivity index (χ0v) is 20.5. The van der Waals surface area contributed by atoms with Gasteiger partial charge in [0, 0.05) is 18.6 Å². The van der Waals surface area contributed by atoms with Crippen LogP contribution in [0.1, 0.15) is 32.3 Å². The molecule has 0 heterocycles. The first-order chi connectivity index (χ1) is 16.3. The Morgan fingerprint density at radius 1 is 0.914 bits per heavy atom. The molecule has 0 aromatic heterocycles. The molecule has 1 rings (SSSR count). The first-order valence-electron chi connectivity index (χ1n) is 10.9. The summed E-state index contributed by atoms with van der Waals surface area (Å²) in [4.78, 5) is 60.8. The molecule has 1 aromatic carbocycles. The number of carboxylic acid groups (broad SMARTS) is 1. The van der Waals surface area contributed by atoms with E-state index in [-0.39, 0.29) is 36.7 Å². The van der Waals surface area contributed by atoms with Crippen LogP contribution in [0, 0.1) is 5.92 Å². The molecule has 0 saturated heterocycles. The number of benzene rings is 1. The molecule has 0 radical (unpaired) electrons. The van der Waals surface area contributed by atoms with Gasteiger partial charge < -0.3 is 37.6 Å². The number of amides is 4. The van der Waals surface area contributed by atoms with Crippen LogP contribution in [0.5, 0.6) is 5.75 Å². The van der Waals surface area contributed by atoms with Crippen molar-refractivity contribution in [3.8, 4) is 5.75 Å². The number of aromatic hydroxyl groups is 1. The second-order valence-electron chi connectivity index (χ2n) is 8.35. The minimum Gasteiger partial charge on any atom is -0.508 e. The Morgan fingerprint density at radius 2 is 1.43 bits per heavy atom. The number of rotatable bonds is 14. The van der Waals surface area contributed by atoms with Crippen molar-refractivity contribution < 1.29 is 34.2 Å². The number of primary amides is 1. The summed E-state index contributed by atoms with van der Waals surface area (Å²) in [5.41, 5.74) is 11.5. The highest BCUT2D eigenvalue weighted by atomic mass is 32.1. The molecule has 4 amide bonds. The van der Waals surface area contributed by atoms with Crippen LogP contribution in [0.4, 0.5) is 0 Å². The van der Waals surface area contributed by atoms with Crippen molar-refractivity contribution in [3.63, 3.8) is 0 Å². The molecule has 0 fully saturated rings. The molecule has 1 aromatic rings. The van der Waals surface area contributed by atoms with Crippen molar-refractivity contribution in [2.75, 3.05) is 5.75 Å². The van der Waals surface area contributed by atoms with Gasteiger partial charge in [0.25, 0.3) is 0 Å². The average molecular weight is 512 g/mol. The van der Waals surface area contributed by atoms with Crippen molar-refractivity contribution in [2.24, 2.45) is 17.4 Å². The van der Waals surface area contributed by atoms with Gasteiger partial charge in [-0.3, -0.25) is 19.2 Å². The molecular weight excluding hydrogens is 478 g/mol. The Balaban J connectivity index is 2.91. The standard InChI is InChI=1S/C22H33N5O7S/c1-11(2)18(24)21(32)25-14(7-8-17(23)29)19(30)27-16(10-35)20(31)26-15(22(33)34)9-12-3-5-13(28)6-4-12/h3-6,11,14-16,18,28,35H,7-10,24H2,1-2H3,(H2,23,29)(H,25,32)(H,26,31)(H,27,30)(H,33,34). The normalized spacial score (nSPS) is 14.3. The second-order valence-corrected chi connectivity index (χ2v) is 8.71. The lowest BCUT2D eigenvalue weighted by Gasteiger charge is -2.25. The summed E-state index contributed by atoms with van der Waals surface area (Å²) >= 11 is 4.06. The van der Waals surface area contributed by atoms with Gasteiger partial charge in [0.2, 0.25) is 23.6 Å². The molecule has 0 aliphatic heterocycles. The molecule has 0 aliphatic carbocycles. The maximum atomic E-state index is 12.8. The first-order valence-corrected chi connectivity index (χ1v) is 11.6.